The zero-order valence-electron chi connectivity index (χ0n) is 15.5. The second kappa shape index (κ2) is 6.62. The summed E-state index contributed by atoms with van der Waals surface area (Å²) in [6.07, 6.45) is 2.53. The van der Waals surface area contributed by atoms with E-state index in [0.717, 1.165) is 33.7 Å². The van der Waals surface area contributed by atoms with Crippen molar-refractivity contribution in [3.05, 3.63) is 83.4 Å². The van der Waals surface area contributed by atoms with Crippen LogP contribution in [0.5, 0.6) is 0 Å². The molecule has 0 saturated heterocycles. The summed E-state index contributed by atoms with van der Waals surface area (Å²) < 4.78 is 2.06. The van der Waals surface area contributed by atoms with E-state index in [2.05, 4.69) is 53.6 Å². The topological polar surface area (TPSA) is 53.1 Å². The van der Waals surface area contributed by atoms with E-state index in [4.69, 9.17) is 4.98 Å². The highest BCUT2D eigenvalue weighted by Crippen LogP contribution is 2.33. The number of nitrogens with zero attached hydrogens (tertiary/aromatic N) is 3. The van der Waals surface area contributed by atoms with Crippen LogP contribution in [0, 0.1) is 25.2 Å². The van der Waals surface area contributed by atoms with Crippen LogP contribution in [0.25, 0.3) is 16.7 Å². The highest BCUT2D eigenvalue weighted by atomic mass is 15.1. The molecule has 4 aromatic rings. The highest BCUT2D eigenvalue weighted by molar-refractivity contribution is 5.87. The van der Waals surface area contributed by atoms with Crippen LogP contribution < -0.4 is 5.32 Å². The summed E-state index contributed by atoms with van der Waals surface area (Å²) >= 11 is 0. The van der Waals surface area contributed by atoms with Gasteiger partial charge in [0.25, 0.3) is 0 Å². The molecule has 27 heavy (non-hydrogen) atoms. The fraction of sp³-hybridized carbons (Fsp3) is 0.130. The third-order valence-electron chi connectivity index (χ3n) is 4.90. The molecule has 0 radical (unpaired) electrons. The Labute approximate surface area is 158 Å². The van der Waals surface area contributed by atoms with E-state index in [1.54, 1.807) is 0 Å². The minimum Gasteiger partial charge on any atom is -0.341 e. The Morgan fingerprint density at radius 2 is 1.89 bits per heavy atom. The van der Waals surface area contributed by atoms with Gasteiger partial charge in [-0.1, -0.05) is 35.9 Å². The van der Waals surface area contributed by atoms with E-state index < -0.39 is 0 Å². The van der Waals surface area contributed by atoms with Crippen LogP contribution in [0.15, 0.2) is 61.2 Å². The first-order valence-corrected chi connectivity index (χ1v) is 8.91. The fourth-order valence-corrected chi connectivity index (χ4v) is 3.48. The third-order valence-corrected chi connectivity index (χ3v) is 4.90. The van der Waals surface area contributed by atoms with E-state index in [9.17, 15) is 5.26 Å². The SMILES string of the molecule is C=CCc1c(C)c(C#N)c2nc3ccccc3n2c1Nc1ccc(C)cc1. The van der Waals surface area contributed by atoms with Gasteiger partial charge in [-0.15, -0.1) is 6.58 Å². The molecule has 4 nitrogen and oxygen atoms in total. The number of pyridine rings is 1. The Bertz CT molecular complexity index is 1210. The van der Waals surface area contributed by atoms with Crippen molar-refractivity contribution in [2.45, 2.75) is 20.3 Å². The maximum Gasteiger partial charge on any atom is 0.157 e. The minimum atomic E-state index is 0.609. The van der Waals surface area contributed by atoms with E-state index in [-0.39, 0.29) is 0 Å². The molecule has 1 N–H and O–H groups in total. The number of para-hydroxylation sites is 2. The Morgan fingerprint density at radius 1 is 1.15 bits per heavy atom. The Hall–Kier alpha value is -3.58. The first-order chi connectivity index (χ1) is 13.1. The Morgan fingerprint density at radius 3 is 2.59 bits per heavy atom. The summed E-state index contributed by atoms with van der Waals surface area (Å²) in [5, 5.41) is 13.4. The van der Waals surface area contributed by atoms with Gasteiger partial charge in [-0.2, -0.15) is 5.26 Å². The predicted molar refractivity (Wildman–Crippen MR) is 111 cm³/mol. The number of hydrogen-bond donors (Lipinski definition) is 1. The summed E-state index contributed by atoms with van der Waals surface area (Å²) in [4.78, 5) is 4.74. The van der Waals surface area contributed by atoms with Gasteiger partial charge in [0.15, 0.2) is 5.65 Å². The number of fused-ring (bicyclic) bond motifs is 3. The van der Waals surface area contributed by atoms with Gasteiger partial charge in [-0.3, -0.25) is 4.40 Å². The van der Waals surface area contributed by atoms with Crippen LogP contribution in [0.4, 0.5) is 11.5 Å². The number of rotatable bonds is 4. The number of imidazole rings is 1. The van der Waals surface area contributed by atoms with Crippen molar-refractivity contribution in [1.82, 2.24) is 9.38 Å². The maximum atomic E-state index is 9.80. The second-order valence-corrected chi connectivity index (χ2v) is 6.68. The lowest BCUT2D eigenvalue weighted by atomic mass is 10.0. The molecular weight excluding hydrogens is 332 g/mol. The summed E-state index contributed by atoms with van der Waals surface area (Å²) in [6.45, 7) is 7.96. The van der Waals surface area contributed by atoms with Gasteiger partial charge in [0.2, 0.25) is 0 Å². The first kappa shape index (κ1) is 16.9. The molecule has 2 aromatic carbocycles. The normalized spacial score (nSPS) is 10.9. The van der Waals surface area contributed by atoms with Crippen molar-refractivity contribution in [3.63, 3.8) is 0 Å². The molecule has 0 bridgehead atoms. The number of allylic oxidation sites excluding steroid dienone is 1. The van der Waals surface area contributed by atoms with Gasteiger partial charge >= 0.3 is 0 Å². The summed E-state index contributed by atoms with van der Waals surface area (Å²) in [6, 6.07) is 18.6. The molecule has 0 spiro atoms. The zero-order valence-corrected chi connectivity index (χ0v) is 15.5. The monoisotopic (exact) mass is 352 g/mol. The van der Waals surface area contributed by atoms with Gasteiger partial charge in [-0.05, 0) is 50.1 Å². The van der Waals surface area contributed by atoms with Crippen LogP contribution in [0.2, 0.25) is 0 Å². The van der Waals surface area contributed by atoms with Gasteiger partial charge in [-0.25, -0.2) is 4.98 Å². The van der Waals surface area contributed by atoms with E-state index in [0.29, 0.717) is 17.6 Å². The number of nitrogens with one attached hydrogen (secondary N) is 1. The second-order valence-electron chi connectivity index (χ2n) is 6.68. The molecule has 0 unspecified atom stereocenters. The van der Waals surface area contributed by atoms with Crippen LogP contribution in [0.3, 0.4) is 0 Å². The molecule has 4 heteroatoms. The molecule has 132 valence electrons. The van der Waals surface area contributed by atoms with Gasteiger partial charge in [0.1, 0.15) is 11.9 Å². The van der Waals surface area contributed by atoms with E-state index >= 15 is 0 Å². The number of anilines is 2. The van der Waals surface area contributed by atoms with Crippen molar-refractivity contribution in [3.8, 4) is 6.07 Å². The predicted octanol–water partition coefficient (Wildman–Crippen LogP) is 5.45. The largest absolute Gasteiger partial charge is 0.341 e. The molecule has 0 amide bonds. The van der Waals surface area contributed by atoms with Crippen molar-refractivity contribution in [2.24, 2.45) is 0 Å². The van der Waals surface area contributed by atoms with Crippen LogP contribution in [-0.2, 0) is 6.42 Å². The third kappa shape index (κ3) is 2.74. The molecule has 2 heterocycles. The van der Waals surface area contributed by atoms with Gasteiger partial charge in [0, 0.05) is 11.3 Å². The zero-order chi connectivity index (χ0) is 19.0. The molecule has 2 aromatic heterocycles. The summed E-state index contributed by atoms with van der Waals surface area (Å²) in [5.74, 6) is 0.930. The minimum absolute atomic E-state index is 0.609. The highest BCUT2D eigenvalue weighted by Gasteiger charge is 2.20. The number of hydrogen-bond acceptors (Lipinski definition) is 3. The van der Waals surface area contributed by atoms with E-state index in [1.807, 2.05) is 37.3 Å². The van der Waals surface area contributed by atoms with Crippen molar-refractivity contribution in [1.29, 1.82) is 5.26 Å². The first-order valence-electron chi connectivity index (χ1n) is 8.91. The van der Waals surface area contributed by atoms with Gasteiger partial charge < -0.3 is 5.32 Å². The Kier molecular flexibility index (Phi) is 4.13. The molecule has 0 aliphatic carbocycles. The molecule has 0 fully saturated rings. The number of benzene rings is 2. The number of nitriles is 1. The molecule has 0 aliphatic heterocycles. The lowest BCUT2D eigenvalue weighted by Crippen LogP contribution is -2.08. The van der Waals surface area contributed by atoms with E-state index in [1.165, 1.54) is 5.56 Å². The smallest absolute Gasteiger partial charge is 0.157 e. The average Bonchev–Trinajstić information content (AvgIpc) is 3.05. The lowest BCUT2D eigenvalue weighted by Gasteiger charge is -2.18. The van der Waals surface area contributed by atoms with Crippen molar-refractivity contribution in [2.75, 3.05) is 5.32 Å². The van der Waals surface area contributed by atoms with Gasteiger partial charge in [0.05, 0.1) is 16.6 Å². The fourth-order valence-electron chi connectivity index (χ4n) is 3.48. The molecule has 0 aliphatic rings. The Balaban J connectivity index is 2.10. The molecular formula is C23H20N4. The van der Waals surface area contributed by atoms with Crippen LogP contribution in [0.1, 0.15) is 22.3 Å². The quantitative estimate of drug-likeness (QED) is 0.497. The average molecular weight is 352 g/mol. The molecule has 0 saturated carbocycles. The van der Waals surface area contributed by atoms with Crippen molar-refractivity contribution >= 4 is 28.2 Å². The van der Waals surface area contributed by atoms with Crippen molar-refractivity contribution < 1.29 is 0 Å². The summed E-state index contributed by atoms with van der Waals surface area (Å²) in [7, 11) is 0. The standard InChI is InChI=1S/C23H20N4/c1-4-7-18-16(3)19(14-24)23-26-20-8-5-6-9-21(20)27(23)22(18)25-17-12-10-15(2)11-13-17/h4-6,8-13,25H,1,7H2,2-3H3. The molecule has 0 atom stereocenters. The number of aromatic nitrogens is 2. The van der Waals surface area contributed by atoms with Crippen LogP contribution in [-0.4, -0.2) is 9.38 Å². The maximum absolute atomic E-state index is 9.80. The lowest BCUT2D eigenvalue weighted by molar-refractivity contribution is 1.11. The molecule has 4 rings (SSSR count). The summed E-state index contributed by atoms with van der Waals surface area (Å²) in [5.41, 5.74) is 7.33. The van der Waals surface area contributed by atoms with Crippen LogP contribution >= 0.6 is 0 Å². The number of aryl methyl sites for hydroxylation is 1.